The lowest BCUT2D eigenvalue weighted by Gasteiger charge is -2.40. The standard InChI is InChI=1S/C10H17BrO/c1-2-3-7-12-9-10(8-11)5-4-6-10/h2H,1,3-9H2. The summed E-state index contributed by atoms with van der Waals surface area (Å²) in [5.74, 6) is 0. The molecular formula is C10H17BrO. The molecule has 1 aliphatic rings. The van der Waals surface area contributed by atoms with E-state index in [2.05, 4.69) is 22.5 Å². The predicted octanol–water partition coefficient (Wildman–Crippen LogP) is 3.14. The minimum atomic E-state index is 0.473. The van der Waals surface area contributed by atoms with Crippen molar-refractivity contribution < 1.29 is 4.74 Å². The van der Waals surface area contributed by atoms with Crippen LogP contribution in [0.15, 0.2) is 12.7 Å². The van der Waals surface area contributed by atoms with Gasteiger partial charge in [-0.2, -0.15) is 0 Å². The molecule has 70 valence electrons. The zero-order chi connectivity index (χ0) is 8.86. The average Bonchev–Trinajstić information content (AvgIpc) is 2.02. The number of halogens is 1. The molecule has 0 N–H and O–H groups in total. The van der Waals surface area contributed by atoms with Crippen LogP contribution in [0.1, 0.15) is 25.7 Å². The van der Waals surface area contributed by atoms with E-state index in [0.29, 0.717) is 5.41 Å². The van der Waals surface area contributed by atoms with E-state index in [9.17, 15) is 0 Å². The topological polar surface area (TPSA) is 9.23 Å². The van der Waals surface area contributed by atoms with Crippen LogP contribution in [0.25, 0.3) is 0 Å². The SMILES string of the molecule is C=CCCOCC1(CBr)CCC1. The molecule has 0 heterocycles. The third kappa shape index (κ3) is 2.60. The normalized spacial score (nSPS) is 20.1. The highest BCUT2D eigenvalue weighted by Crippen LogP contribution is 2.42. The van der Waals surface area contributed by atoms with E-state index in [1.807, 2.05) is 6.08 Å². The van der Waals surface area contributed by atoms with E-state index < -0.39 is 0 Å². The van der Waals surface area contributed by atoms with Crippen molar-refractivity contribution >= 4 is 15.9 Å². The molecule has 0 amide bonds. The van der Waals surface area contributed by atoms with Gasteiger partial charge < -0.3 is 4.74 Å². The fraction of sp³-hybridized carbons (Fsp3) is 0.800. The first-order chi connectivity index (χ1) is 5.83. The van der Waals surface area contributed by atoms with Gasteiger partial charge in [-0.25, -0.2) is 0 Å². The first-order valence-electron chi connectivity index (χ1n) is 4.58. The quantitative estimate of drug-likeness (QED) is 0.389. The van der Waals surface area contributed by atoms with Crippen LogP contribution in [0, 0.1) is 5.41 Å². The molecular weight excluding hydrogens is 216 g/mol. The molecule has 1 fully saturated rings. The largest absolute Gasteiger partial charge is 0.381 e. The molecule has 2 heteroatoms. The van der Waals surface area contributed by atoms with E-state index in [0.717, 1.165) is 25.0 Å². The minimum Gasteiger partial charge on any atom is -0.381 e. The molecule has 12 heavy (non-hydrogen) atoms. The van der Waals surface area contributed by atoms with Crippen LogP contribution in [0.4, 0.5) is 0 Å². The Bertz CT molecular complexity index is 135. The Morgan fingerprint density at radius 3 is 2.67 bits per heavy atom. The van der Waals surface area contributed by atoms with Gasteiger partial charge in [0.2, 0.25) is 0 Å². The molecule has 1 rings (SSSR count). The third-order valence-corrected chi connectivity index (χ3v) is 3.76. The van der Waals surface area contributed by atoms with Gasteiger partial charge in [0.1, 0.15) is 0 Å². The van der Waals surface area contributed by atoms with Crippen LogP contribution in [-0.4, -0.2) is 18.5 Å². The molecule has 0 aromatic rings. The average molecular weight is 233 g/mol. The van der Waals surface area contributed by atoms with Crippen molar-refractivity contribution in [1.29, 1.82) is 0 Å². The summed E-state index contributed by atoms with van der Waals surface area (Å²) >= 11 is 3.55. The summed E-state index contributed by atoms with van der Waals surface area (Å²) in [5, 5.41) is 1.09. The second kappa shape index (κ2) is 5.03. The van der Waals surface area contributed by atoms with Gasteiger partial charge in [0.05, 0.1) is 13.2 Å². The smallest absolute Gasteiger partial charge is 0.0530 e. The maximum Gasteiger partial charge on any atom is 0.0530 e. The van der Waals surface area contributed by atoms with Crippen molar-refractivity contribution in [3.05, 3.63) is 12.7 Å². The van der Waals surface area contributed by atoms with Crippen LogP contribution in [0.2, 0.25) is 0 Å². The zero-order valence-corrected chi connectivity index (χ0v) is 9.11. The van der Waals surface area contributed by atoms with Gasteiger partial charge in [-0.3, -0.25) is 0 Å². The molecule has 1 aliphatic carbocycles. The molecule has 0 aromatic carbocycles. The molecule has 1 saturated carbocycles. The number of ether oxygens (including phenoxy) is 1. The molecule has 0 unspecified atom stereocenters. The predicted molar refractivity (Wildman–Crippen MR) is 55.7 cm³/mol. The number of hydrogen-bond acceptors (Lipinski definition) is 1. The molecule has 1 nitrogen and oxygen atoms in total. The lowest BCUT2D eigenvalue weighted by atomic mass is 9.71. The summed E-state index contributed by atoms with van der Waals surface area (Å²) in [6.45, 7) is 5.41. The Balaban J connectivity index is 2.07. The van der Waals surface area contributed by atoms with Gasteiger partial charge in [-0.05, 0) is 19.3 Å². The second-order valence-electron chi connectivity index (χ2n) is 3.62. The van der Waals surface area contributed by atoms with Gasteiger partial charge in [0.25, 0.3) is 0 Å². The van der Waals surface area contributed by atoms with E-state index in [-0.39, 0.29) is 0 Å². The minimum absolute atomic E-state index is 0.473. The lowest BCUT2D eigenvalue weighted by Crippen LogP contribution is -2.36. The Hall–Kier alpha value is 0.180. The van der Waals surface area contributed by atoms with Crippen molar-refractivity contribution in [3.63, 3.8) is 0 Å². The zero-order valence-electron chi connectivity index (χ0n) is 7.52. The number of rotatable bonds is 6. The highest BCUT2D eigenvalue weighted by molar-refractivity contribution is 9.09. The Kier molecular flexibility index (Phi) is 4.30. The summed E-state index contributed by atoms with van der Waals surface area (Å²) in [4.78, 5) is 0. The highest BCUT2D eigenvalue weighted by Gasteiger charge is 2.35. The van der Waals surface area contributed by atoms with Gasteiger partial charge >= 0.3 is 0 Å². The maximum atomic E-state index is 5.57. The van der Waals surface area contributed by atoms with Gasteiger partial charge in [-0.15, -0.1) is 6.58 Å². The lowest BCUT2D eigenvalue weighted by molar-refractivity contribution is 0.0128. The van der Waals surface area contributed by atoms with Crippen LogP contribution in [0.3, 0.4) is 0 Å². The Morgan fingerprint density at radius 1 is 1.50 bits per heavy atom. The van der Waals surface area contributed by atoms with Gasteiger partial charge in [0.15, 0.2) is 0 Å². The fourth-order valence-corrected chi connectivity index (χ4v) is 2.17. The number of alkyl halides is 1. The summed E-state index contributed by atoms with van der Waals surface area (Å²) in [7, 11) is 0. The molecule has 0 aliphatic heterocycles. The molecule has 0 aromatic heterocycles. The highest BCUT2D eigenvalue weighted by atomic mass is 79.9. The maximum absolute atomic E-state index is 5.57. The Morgan fingerprint density at radius 2 is 2.25 bits per heavy atom. The van der Waals surface area contributed by atoms with Crippen molar-refractivity contribution in [3.8, 4) is 0 Å². The molecule has 0 radical (unpaired) electrons. The molecule has 0 saturated heterocycles. The van der Waals surface area contributed by atoms with Crippen LogP contribution in [-0.2, 0) is 4.74 Å². The summed E-state index contributed by atoms with van der Waals surface area (Å²) < 4.78 is 5.57. The summed E-state index contributed by atoms with van der Waals surface area (Å²) in [6.07, 6.45) is 6.90. The van der Waals surface area contributed by atoms with Crippen LogP contribution < -0.4 is 0 Å². The first kappa shape index (κ1) is 10.3. The third-order valence-electron chi connectivity index (χ3n) is 2.57. The number of hydrogen-bond donors (Lipinski definition) is 0. The van der Waals surface area contributed by atoms with E-state index in [1.165, 1.54) is 19.3 Å². The molecule has 0 spiro atoms. The van der Waals surface area contributed by atoms with Crippen LogP contribution in [0.5, 0.6) is 0 Å². The van der Waals surface area contributed by atoms with Crippen molar-refractivity contribution in [2.24, 2.45) is 5.41 Å². The molecule has 0 atom stereocenters. The first-order valence-corrected chi connectivity index (χ1v) is 5.70. The monoisotopic (exact) mass is 232 g/mol. The van der Waals surface area contributed by atoms with Crippen molar-refractivity contribution in [2.75, 3.05) is 18.5 Å². The van der Waals surface area contributed by atoms with Crippen molar-refractivity contribution in [2.45, 2.75) is 25.7 Å². The van der Waals surface area contributed by atoms with Gasteiger partial charge in [0, 0.05) is 10.7 Å². The fourth-order valence-electron chi connectivity index (χ4n) is 1.45. The summed E-state index contributed by atoms with van der Waals surface area (Å²) in [5.41, 5.74) is 0.473. The van der Waals surface area contributed by atoms with Crippen molar-refractivity contribution in [1.82, 2.24) is 0 Å². The van der Waals surface area contributed by atoms with Gasteiger partial charge in [-0.1, -0.05) is 28.4 Å². The van der Waals surface area contributed by atoms with E-state index >= 15 is 0 Å². The second-order valence-corrected chi connectivity index (χ2v) is 4.18. The van der Waals surface area contributed by atoms with Crippen LogP contribution >= 0.6 is 15.9 Å². The van der Waals surface area contributed by atoms with E-state index in [1.54, 1.807) is 0 Å². The van der Waals surface area contributed by atoms with E-state index in [4.69, 9.17) is 4.74 Å². The Labute approximate surface area is 83.3 Å². The molecule has 0 bridgehead atoms. The summed E-state index contributed by atoms with van der Waals surface area (Å²) in [6, 6.07) is 0.